The van der Waals surface area contributed by atoms with Crippen molar-refractivity contribution in [1.29, 1.82) is 0 Å². The summed E-state index contributed by atoms with van der Waals surface area (Å²) in [5, 5.41) is 2.83. The predicted octanol–water partition coefficient (Wildman–Crippen LogP) is 1.66. The van der Waals surface area contributed by atoms with Gasteiger partial charge in [-0.05, 0) is 12.1 Å². The van der Waals surface area contributed by atoms with Crippen molar-refractivity contribution in [2.45, 2.75) is 0 Å². The van der Waals surface area contributed by atoms with Crippen molar-refractivity contribution >= 4 is 11.6 Å². The molecule has 6 heteroatoms. The highest BCUT2D eigenvalue weighted by Crippen LogP contribution is 2.18. The number of H-pyrrole nitrogens is 1. The van der Waals surface area contributed by atoms with Crippen molar-refractivity contribution in [3.05, 3.63) is 46.6 Å². The average molecular weight is 235 g/mol. The SMILES string of the molecule is COc1cccc(Nc2ncc(F)c(=O)[nH]2)c1. The summed E-state index contributed by atoms with van der Waals surface area (Å²) in [5.41, 5.74) is -0.135. The van der Waals surface area contributed by atoms with Gasteiger partial charge in [-0.15, -0.1) is 0 Å². The van der Waals surface area contributed by atoms with Gasteiger partial charge in [0.2, 0.25) is 11.8 Å². The van der Waals surface area contributed by atoms with Crippen LogP contribution in [0.5, 0.6) is 5.75 Å². The van der Waals surface area contributed by atoms with Gasteiger partial charge in [-0.3, -0.25) is 9.78 Å². The molecule has 88 valence electrons. The van der Waals surface area contributed by atoms with E-state index in [4.69, 9.17) is 4.74 Å². The fraction of sp³-hybridized carbons (Fsp3) is 0.0909. The number of hydrogen-bond donors (Lipinski definition) is 2. The van der Waals surface area contributed by atoms with Crippen molar-refractivity contribution in [2.24, 2.45) is 0 Å². The van der Waals surface area contributed by atoms with Crippen LogP contribution in [0.4, 0.5) is 16.0 Å². The van der Waals surface area contributed by atoms with Gasteiger partial charge in [-0.25, -0.2) is 4.98 Å². The first-order valence-electron chi connectivity index (χ1n) is 4.85. The van der Waals surface area contributed by atoms with Gasteiger partial charge in [0.15, 0.2) is 0 Å². The number of hydrogen-bond acceptors (Lipinski definition) is 4. The van der Waals surface area contributed by atoms with Crippen molar-refractivity contribution in [1.82, 2.24) is 9.97 Å². The van der Waals surface area contributed by atoms with Crippen molar-refractivity contribution in [3.63, 3.8) is 0 Å². The number of rotatable bonds is 3. The van der Waals surface area contributed by atoms with Gasteiger partial charge in [0.05, 0.1) is 13.3 Å². The topological polar surface area (TPSA) is 67.0 Å². The summed E-state index contributed by atoms with van der Waals surface area (Å²) >= 11 is 0. The monoisotopic (exact) mass is 235 g/mol. The van der Waals surface area contributed by atoms with Gasteiger partial charge in [0.25, 0.3) is 5.56 Å². The van der Waals surface area contributed by atoms with Crippen LogP contribution in [0.25, 0.3) is 0 Å². The third kappa shape index (κ3) is 2.60. The Kier molecular flexibility index (Phi) is 3.04. The zero-order chi connectivity index (χ0) is 12.3. The van der Waals surface area contributed by atoms with Crippen LogP contribution in [0.3, 0.4) is 0 Å². The maximum absolute atomic E-state index is 12.7. The predicted molar refractivity (Wildman–Crippen MR) is 61.1 cm³/mol. The van der Waals surface area contributed by atoms with Crippen LogP contribution >= 0.6 is 0 Å². The largest absolute Gasteiger partial charge is 0.497 e. The molecule has 0 unspecified atom stereocenters. The first-order valence-corrected chi connectivity index (χ1v) is 4.85. The molecule has 2 aromatic rings. The van der Waals surface area contributed by atoms with Crippen LogP contribution in [-0.4, -0.2) is 17.1 Å². The minimum atomic E-state index is -0.916. The summed E-state index contributed by atoms with van der Waals surface area (Å²) < 4.78 is 17.7. The van der Waals surface area contributed by atoms with E-state index in [1.807, 2.05) is 0 Å². The molecule has 0 fully saturated rings. The zero-order valence-corrected chi connectivity index (χ0v) is 9.03. The normalized spacial score (nSPS) is 10.0. The van der Waals surface area contributed by atoms with E-state index < -0.39 is 11.4 Å². The Labute approximate surface area is 96.3 Å². The molecule has 2 N–H and O–H groups in total. The van der Waals surface area contributed by atoms with E-state index in [1.165, 1.54) is 0 Å². The van der Waals surface area contributed by atoms with Crippen molar-refractivity contribution in [2.75, 3.05) is 12.4 Å². The zero-order valence-electron chi connectivity index (χ0n) is 9.03. The molecular formula is C11H10FN3O2. The molecular weight excluding hydrogens is 225 g/mol. The fourth-order valence-corrected chi connectivity index (χ4v) is 1.28. The Hall–Kier alpha value is -2.37. The van der Waals surface area contributed by atoms with Gasteiger partial charge >= 0.3 is 0 Å². The number of halogens is 1. The number of anilines is 2. The summed E-state index contributed by atoms with van der Waals surface area (Å²) in [4.78, 5) is 17.0. The van der Waals surface area contributed by atoms with Gasteiger partial charge in [-0.2, -0.15) is 4.39 Å². The van der Waals surface area contributed by atoms with Crippen LogP contribution in [0, 0.1) is 5.82 Å². The summed E-state index contributed by atoms with van der Waals surface area (Å²) in [6, 6.07) is 7.06. The van der Waals surface area contributed by atoms with E-state index in [0.29, 0.717) is 11.4 Å². The van der Waals surface area contributed by atoms with E-state index in [2.05, 4.69) is 15.3 Å². The average Bonchev–Trinajstić information content (AvgIpc) is 2.34. The molecule has 0 aliphatic heterocycles. The summed E-state index contributed by atoms with van der Waals surface area (Å²) in [5.74, 6) is -0.0784. The van der Waals surface area contributed by atoms with Crippen LogP contribution in [0.2, 0.25) is 0 Å². The molecule has 0 aliphatic rings. The van der Waals surface area contributed by atoms with Gasteiger partial charge < -0.3 is 10.1 Å². The molecule has 0 radical (unpaired) electrons. The van der Waals surface area contributed by atoms with Crippen molar-refractivity contribution in [3.8, 4) is 5.75 Å². The number of nitrogens with one attached hydrogen (secondary N) is 2. The lowest BCUT2D eigenvalue weighted by Crippen LogP contribution is -2.13. The molecule has 0 aliphatic carbocycles. The quantitative estimate of drug-likeness (QED) is 0.849. The van der Waals surface area contributed by atoms with E-state index in [0.717, 1.165) is 6.20 Å². The molecule has 1 aromatic heterocycles. The van der Waals surface area contributed by atoms with Gasteiger partial charge in [-0.1, -0.05) is 6.07 Å². The standard InChI is InChI=1S/C11H10FN3O2/c1-17-8-4-2-3-7(5-8)14-11-13-6-9(12)10(16)15-11/h2-6H,1H3,(H2,13,14,15,16). The Balaban J connectivity index is 2.25. The highest BCUT2D eigenvalue weighted by atomic mass is 19.1. The number of aromatic amines is 1. The molecule has 0 amide bonds. The summed E-state index contributed by atoms with van der Waals surface area (Å²) in [6.45, 7) is 0. The number of methoxy groups -OCH3 is 1. The van der Waals surface area contributed by atoms with E-state index in [-0.39, 0.29) is 5.95 Å². The second-order valence-corrected chi connectivity index (χ2v) is 3.27. The van der Waals surface area contributed by atoms with Gasteiger partial charge in [0, 0.05) is 11.8 Å². The Bertz CT molecular complexity index is 583. The van der Waals surface area contributed by atoms with Gasteiger partial charge in [0.1, 0.15) is 5.75 Å². The van der Waals surface area contributed by atoms with Crippen molar-refractivity contribution < 1.29 is 9.13 Å². The molecule has 5 nitrogen and oxygen atoms in total. The van der Waals surface area contributed by atoms with E-state index >= 15 is 0 Å². The first kappa shape index (κ1) is 11.1. The Morgan fingerprint density at radius 2 is 2.29 bits per heavy atom. The third-order valence-electron chi connectivity index (χ3n) is 2.09. The first-order chi connectivity index (χ1) is 8.19. The molecule has 1 aromatic carbocycles. The Morgan fingerprint density at radius 1 is 1.47 bits per heavy atom. The Morgan fingerprint density at radius 3 is 3.00 bits per heavy atom. The smallest absolute Gasteiger partial charge is 0.288 e. The lowest BCUT2D eigenvalue weighted by molar-refractivity contribution is 0.415. The lowest BCUT2D eigenvalue weighted by atomic mass is 10.3. The number of ether oxygens (including phenoxy) is 1. The maximum Gasteiger partial charge on any atom is 0.288 e. The fourth-order valence-electron chi connectivity index (χ4n) is 1.28. The minimum absolute atomic E-state index is 0.171. The molecule has 0 saturated carbocycles. The highest BCUT2D eigenvalue weighted by Gasteiger charge is 2.02. The number of nitrogens with zero attached hydrogens (tertiary/aromatic N) is 1. The highest BCUT2D eigenvalue weighted by molar-refractivity contribution is 5.55. The lowest BCUT2D eigenvalue weighted by Gasteiger charge is -2.06. The second-order valence-electron chi connectivity index (χ2n) is 3.27. The minimum Gasteiger partial charge on any atom is -0.497 e. The second kappa shape index (κ2) is 4.65. The maximum atomic E-state index is 12.7. The van der Waals surface area contributed by atoms with Crippen LogP contribution in [-0.2, 0) is 0 Å². The molecule has 1 heterocycles. The molecule has 0 bridgehead atoms. The van der Waals surface area contributed by atoms with E-state index in [1.54, 1.807) is 31.4 Å². The molecule has 0 saturated heterocycles. The van der Waals surface area contributed by atoms with Crippen LogP contribution in [0.15, 0.2) is 35.3 Å². The third-order valence-corrected chi connectivity index (χ3v) is 2.09. The number of benzene rings is 1. The molecule has 0 spiro atoms. The number of aromatic nitrogens is 2. The van der Waals surface area contributed by atoms with Crippen LogP contribution < -0.4 is 15.6 Å². The molecule has 17 heavy (non-hydrogen) atoms. The molecule has 0 atom stereocenters. The van der Waals surface area contributed by atoms with Crippen LogP contribution in [0.1, 0.15) is 0 Å². The van der Waals surface area contributed by atoms with E-state index in [9.17, 15) is 9.18 Å². The molecule has 2 rings (SSSR count). The summed E-state index contributed by atoms with van der Waals surface area (Å²) in [7, 11) is 1.55. The summed E-state index contributed by atoms with van der Waals surface area (Å²) in [6.07, 6.45) is 0.862.